The van der Waals surface area contributed by atoms with Crippen molar-refractivity contribution in [2.75, 3.05) is 0 Å². The summed E-state index contributed by atoms with van der Waals surface area (Å²) in [5, 5.41) is 9.98. The van der Waals surface area contributed by atoms with Crippen LogP contribution in [0.5, 0.6) is 0 Å². The van der Waals surface area contributed by atoms with Crippen molar-refractivity contribution in [3.63, 3.8) is 0 Å². The smallest absolute Gasteiger partial charge is 0.160 e. The van der Waals surface area contributed by atoms with Crippen LogP contribution in [0.25, 0.3) is 222 Å². The van der Waals surface area contributed by atoms with Crippen molar-refractivity contribution in [3.8, 4) is 135 Å². The molecule has 0 aliphatic heterocycles. The molecule has 0 fully saturated rings. The van der Waals surface area contributed by atoms with Crippen molar-refractivity contribution in [1.82, 2.24) is 33.2 Å². The van der Waals surface area contributed by atoms with E-state index in [9.17, 15) is 0 Å². The van der Waals surface area contributed by atoms with Crippen LogP contribution in [0.15, 0.2) is 467 Å². The van der Waals surface area contributed by atoms with E-state index >= 15 is 0 Å². The molecule has 0 aliphatic rings. The first-order valence-electron chi connectivity index (χ1n) is 42.3. The highest BCUT2D eigenvalue weighted by Crippen LogP contribution is 2.43. The lowest BCUT2D eigenvalue weighted by Crippen LogP contribution is -1.96. The van der Waals surface area contributed by atoms with Gasteiger partial charge in [-0.2, -0.15) is 0 Å². The average molecular weight is 1580 g/mol. The SMILES string of the molecule is c1ccc(-c2cc(-c3ccccc3)nc(-c3ccc(-c4ccc(-n5c6ccccc6c6cc(-c7ccc8c9ccccc9n(-c9ccccc9)c8c7)ccc65)cc4)cc3)c2)cc1.c1ccc(-c2cc(-c3ccccc3)nc(-c3ccc(-c4ccc(-n5c6ccccc6c6cc(-c7ccc8c9ccccc9n(-c9ccccc9)c8c7)ccc65)cc4)cc3)n2)cc1. The molecule has 7 heteroatoms. The van der Waals surface area contributed by atoms with Crippen LogP contribution in [0, 0.1) is 0 Å². The number of hydrogen-bond acceptors (Lipinski definition) is 3. The molecule has 7 nitrogen and oxygen atoms in total. The lowest BCUT2D eigenvalue weighted by Gasteiger charge is -2.12. The van der Waals surface area contributed by atoms with Crippen LogP contribution in [-0.2, 0) is 0 Å². The van der Waals surface area contributed by atoms with Gasteiger partial charge in [-0.15, -0.1) is 0 Å². The van der Waals surface area contributed by atoms with E-state index in [1.807, 2.05) is 42.5 Å². The Morgan fingerprint density at radius 3 is 0.734 bits per heavy atom. The fraction of sp³-hybridized carbons (Fsp3) is 0. The zero-order valence-electron chi connectivity index (χ0n) is 67.6. The van der Waals surface area contributed by atoms with Crippen molar-refractivity contribution in [1.29, 1.82) is 0 Å². The van der Waals surface area contributed by atoms with Gasteiger partial charge in [-0.3, -0.25) is 0 Å². The second-order valence-electron chi connectivity index (χ2n) is 31.8. The third kappa shape index (κ3) is 13.2. The van der Waals surface area contributed by atoms with Crippen molar-refractivity contribution >= 4 is 87.2 Å². The molecule has 6 heterocycles. The average Bonchev–Trinajstić information content (AvgIpc) is 1.58. The Kier molecular flexibility index (Phi) is 18.1. The maximum atomic E-state index is 5.15. The summed E-state index contributed by atoms with van der Waals surface area (Å²) in [6.07, 6.45) is 0. The molecule has 0 aliphatic carbocycles. The maximum Gasteiger partial charge on any atom is 0.160 e. The van der Waals surface area contributed by atoms with E-state index in [0.717, 1.165) is 95.6 Å². The Bertz CT molecular complexity index is 7540. The highest BCUT2D eigenvalue weighted by atomic mass is 15.0. The standard InChI is InChI=1S/C59H39N3.C58H38N4/c1-4-14-40(15-5-1)47-37-54(43-16-6-2-7-17-43)60-55(38-47)44-26-24-41(25-27-44)42-28-32-49(33-29-42)61-57-23-13-11-21-51(57)53-36-45(31-35-58(53)61)46-30-34-52-50-20-10-12-22-56(50)62(59(52)39-46)48-18-8-3-9-19-48;1-4-14-41(15-5-1)52-38-53(42-16-6-2-7-17-42)60-58(59-52)43-26-24-39(25-27-43)40-28-32-47(33-29-40)61-55-23-13-11-21-49(55)51-36-44(31-35-56(51)61)45-30-34-50-48-20-10-12-22-54(48)62(57(50)37-45)46-18-8-3-9-19-46/h1-39H;1-38H. The van der Waals surface area contributed by atoms with Crippen molar-refractivity contribution < 1.29 is 0 Å². The molecule has 0 N–H and O–H groups in total. The molecule has 0 saturated carbocycles. The van der Waals surface area contributed by atoms with E-state index in [-0.39, 0.29) is 0 Å². The first-order valence-corrected chi connectivity index (χ1v) is 42.3. The van der Waals surface area contributed by atoms with Crippen LogP contribution in [0.1, 0.15) is 0 Å². The zero-order valence-corrected chi connectivity index (χ0v) is 67.6. The van der Waals surface area contributed by atoms with Crippen LogP contribution in [0.3, 0.4) is 0 Å². The number of benzene rings is 18. The number of aromatic nitrogens is 7. The Morgan fingerprint density at radius 1 is 0.121 bits per heavy atom. The summed E-state index contributed by atoms with van der Waals surface area (Å²) in [6.45, 7) is 0. The molecule has 24 aromatic rings. The lowest BCUT2D eigenvalue weighted by molar-refractivity contribution is 1.18. The molecule has 18 aromatic carbocycles. The van der Waals surface area contributed by atoms with E-state index in [4.69, 9.17) is 15.0 Å². The van der Waals surface area contributed by atoms with Gasteiger partial charge in [0, 0.05) is 93.7 Å². The number of fused-ring (bicyclic) bond motifs is 12. The van der Waals surface area contributed by atoms with Crippen LogP contribution < -0.4 is 0 Å². The Labute approximate surface area is 717 Å². The van der Waals surface area contributed by atoms with Crippen LogP contribution in [0.4, 0.5) is 0 Å². The number of para-hydroxylation sites is 6. The summed E-state index contributed by atoms with van der Waals surface area (Å²) >= 11 is 0. The van der Waals surface area contributed by atoms with E-state index in [1.54, 1.807) is 0 Å². The second-order valence-corrected chi connectivity index (χ2v) is 31.8. The molecule has 0 radical (unpaired) electrons. The number of rotatable bonds is 14. The van der Waals surface area contributed by atoms with Gasteiger partial charge in [0.25, 0.3) is 0 Å². The molecule has 0 amide bonds. The predicted molar refractivity (Wildman–Crippen MR) is 518 cm³/mol. The Balaban J connectivity index is 0.000000143. The molecule has 124 heavy (non-hydrogen) atoms. The third-order valence-electron chi connectivity index (χ3n) is 24.5. The van der Waals surface area contributed by atoms with Crippen molar-refractivity contribution in [2.24, 2.45) is 0 Å². The van der Waals surface area contributed by atoms with Gasteiger partial charge in [-0.25, -0.2) is 15.0 Å². The molecule has 0 bridgehead atoms. The highest BCUT2D eigenvalue weighted by Gasteiger charge is 2.22. The van der Waals surface area contributed by atoms with E-state index in [0.29, 0.717) is 5.82 Å². The molecular weight excluding hydrogens is 1500 g/mol. The first-order chi connectivity index (χ1) is 61.5. The van der Waals surface area contributed by atoms with Gasteiger partial charge in [0.2, 0.25) is 0 Å². The largest absolute Gasteiger partial charge is 0.309 e. The minimum Gasteiger partial charge on any atom is -0.309 e. The minimum absolute atomic E-state index is 0.706. The fourth-order valence-corrected chi connectivity index (χ4v) is 18.4. The second kappa shape index (κ2) is 31.0. The normalized spacial score (nSPS) is 11.5. The predicted octanol–water partition coefficient (Wildman–Crippen LogP) is 30.6. The quantitative estimate of drug-likeness (QED) is 0.109. The Morgan fingerprint density at radius 2 is 0.355 bits per heavy atom. The van der Waals surface area contributed by atoms with Crippen LogP contribution >= 0.6 is 0 Å². The molecule has 0 unspecified atom stereocenters. The van der Waals surface area contributed by atoms with Gasteiger partial charge in [0.15, 0.2) is 5.82 Å². The van der Waals surface area contributed by atoms with E-state index in [2.05, 4.69) is 443 Å². The molecule has 24 rings (SSSR count). The van der Waals surface area contributed by atoms with E-state index < -0.39 is 0 Å². The minimum atomic E-state index is 0.706. The lowest BCUT2D eigenvalue weighted by atomic mass is 9.98. The summed E-state index contributed by atoms with van der Waals surface area (Å²) in [5.41, 5.74) is 34.9. The molecule has 0 atom stereocenters. The Hall–Kier alpha value is -16.6. The van der Waals surface area contributed by atoms with Gasteiger partial charge in [-0.1, -0.05) is 340 Å². The highest BCUT2D eigenvalue weighted by molar-refractivity contribution is 6.15. The van der Waals surface area contributed by atoms with Gasteiger partial charge >= 0.3 is 0 Å². The maximum absolute atomic E-state index is 5.15. The summed E-state index contributed by atoms with van der Waals surface area (Å²) < 4.78 is 9.56. The molecule has 580 valence electrons. The number of nitrogens with zero attached hydrogens (tertiary/aromatic N) is 7. The summed E-state index contributed by atoms with van der Waals surface area (Å²) in [7, 11) is 0. The number of pyridine rings is 1. The fourth-order valence-electron chi connectivity index (χ4n) is 18.4. The van der Waals surface area contributed by atoms with Gasteiger partial charge in [0.1, 0.15) is 0 Å². The molecule has 0 spiro atoms. The molecule has 6 aromatic heterocycles. The molecule has 0 saturated heterocycles. The third-order valence-corrected chi connectivity index (χ3v) is 24.5. The summed E-state index contributed by atoms with van der Waals surface area (Å²) in [4.78, 5) is 15.2. The first kappa shape index (κ1) is 72.6. The van der Waals surface area contributed by atoms with Gasteiger partial charge < -0.3 is 18.3 Å². The van der Waals surface area contributed by atoms with Crippen LogP contribution in [-0.4, -0.2) is 33.2 Å². The number of hydrogen-bond donors (Lipinski definition) is 0. The summed E-state index contributed by atoms with van der Waals surface area (Å²) in [6, 6.07) is 167. The topological polar surface area (TPSA) is 58.4 Å². The molecular formula is C117H77N7. The van der Waals surface area contributed by atoms with Crippen LogP contribution in [0.2, 0.25) is 0 Å². The zero-order chi connectivity index (χ0) is 82.0. The van der Waals surface area contributed by atoms with E-state index in [1.165, 1.54) is 121 Å². The summed E-state index contributed by atoms with van der Waals surface area (Å²) in [5.74, 6) is 0.706. The van der Waals surface area contributed by atoms with Gasteiger partial charge in [0.05, 0.1) is 66.9 Å². The van der Waals surface area contributed by atoms with Crippen molar-refractivity contribution in [3.05, 3.63) is 467 Å². The van der Waals surface area contributed by atoms with Gasteiger partial charge in [-0.05, 0) is 183 Å². The van der Waals surface area contributed by atoms with Crippen molar-refractivity contribution in [2.45, 2.75) is 0 Å². The monoisotopic (exact) mass is 1580 g/mol.